The lowest BCUT2D eigenvalue weighted by atomic mass is 10.1. The van der Waals surface area contributed by atoms with E-state index in [2.05, 4.69) is 0 Å². The molecule has 0 saturated carbocycles. The Morgan fingerprint density at radius 3 is 2.50 bits per heavy atom. The highest BCUT2D eigenvalue weighted by Gasteiger charge is 2.07. The van der Waals surface area contributed by atoms with Gasteiger partial charge in [0.25, 0.3) is 0 Å². The van der Waals surface area contributed by atoms with Crippen LogP contribution in [-0.4, -0.2) is 4.21 Å². The monoisotopic (exact) mass is 291 g/mol. The first-order valence-electron chi connectivity index (χ1n) is 6.46. The SMILES string of the molecule is Cc1ccccc1CS(=O)Cc1cc(F)cc(CN)c1. The minimum atomic E-state index is -1.06. The Hall–Kier alpha value is -1.52. The van der Waals surface area contributed by atoms with Gasteiger partial charge in [0.15, 0.2) is 0 Å². The normalized spacial score (nSPS) is 12.3. The molecule has 1 unspecified atom stereocenters. The first-order valence-corrected chi connectivity index (χ1v) is 7.95. The van der Waals surface area contributed by atoms with Gasteiger partial charge in [0.2, 0.25) is 0 Å². The summed E-state index contributed by atoms with van der Waals surface area (Å²) in [6, 6.07) is 12.5. The van der Waals surface area contributed by atoms with Crippen LogP contribution >= 0.6 is 0 Å². The fraction of sp³-hybridized carbons (Fsp3) is 0.250. The number of benzene rings is 2. The van der Waals surface area contributed by atoms with Crippen LogP contribution in [0.2, 0.25) is 0 Å². The average Bonchev–Trinajstić information content (AvgIpc) is 2.40. The van der Waals surface area contributed by atoms with Crippen molar-refractivity contribution in [2.45, 2.75) is 25.0 Å². The van der Waals surface area contributed by atoms with Crippen molar-refractivity contribution in [3.8, 4) is 0 Å². The van der Waals surface area contributed by atoms with Crippen LogP contribution in [0.3, 0.4) is 0 Å². The molecular formula is C16H18FNOS. The van der Waals surface area contributed by atoms with Crippen molar-refractivity contribution in [1.82, 2.24) is 0 Å². The Morgan fingerprint density at radius 1 is 1.10 bits per heavy atom. The Bertz CT molecular complexity index is 628. The van der Waals surface area contributed by atoms with Crippen molar-refractivity contribution >= 4 is 10.8 Å². The van der Waals surface area contributed by atoms with Crippen LogP contribution < -0.4 is 5.73 Å². The van der Waals surface area contributed by atoms with E-state index in [1.807, 2.05) is 37.3 Å². The summed E-state index contributed by atoms with van der Waals surface area (Å²) in [6.45, 7) is 2.29. The molecule has 2 aromatic carbocycles. The van der Waals surface area contributed by atoms with Crippen molar-refractivity contribution in [1.29, 1.82) is 0 Å². The maximum absolute atomic E-state index is 13.4. The Labute approximate surface area is 121 Å². The van der Waals surface area contributed by atoms with Crippen LogP contribution in [0.5, 0.6) is 0 Å². The van der Waals surface area contributed by atoms with E-state index in [-0.39, 0.29) is 12.4 Å². The van der Waals surface area contributed by atoms with Gasteiger partial charge >= 0.3 is 0 Å². The summed E-state index contributed by atoms with van der Waals surface area (Å²) in [5.74, 6) is 0.510. The molecule has 0 bridgehead atoms. The zero-order chi connectivity index (χ0) is 14.5. The van der Waals surface area contributed by atoms with Crippen molar-refractivity contribution in [3.63, 3.8) is 0 Å². The van der Waals surface area contributed by atoms with E-state index in [4.69, 9.17) is 5.73 Å². The van der Waals surface area contributed by atoms with Crippen molar-refractivity contribution in [2.75, 3.05) is 0 Å². The number of hydrogen-bond acceptors (Lipinski definition) is 2. The van der Waals surface area contributed by atoms with Gasteiger partial charge in [0.05, 0.1) is 0 Å². The van der Waals surface area contributed by atoms with E-state index in [1.54, 1.807) is 0 Å². The second-order valence-electron chi connectivity index (χ2n) is 4.83. The lowest BCUT2D eigenvalue weighted by Crippen LogP contribution is -2.03. The highest BCUT2D eigenvalue weighted by Crippen LogP contribution is 2.15. The molecule has 0 aliphatic heterocycles. The molecule has 2 nitrogen and oxygen atoms in total. The summed E-state index contributed by atoms with van der Waals surface area (Å²) >= 11 is 0. The first kappa shape index (κ1) is 14.9. The van der Waals surface area contributed by atoms with Crippen LogP contribution in [-0.2, 0) is 28.9 Å². The molecule has 1 atom stereocenters. The molecule has 0 heterocycles. The van der Waals surface area contributed by atoms with Gasteiger partial charge < -0.3 is 5.73 Å². The molecule has 0 aliphatic rings. The molecular weight excluding hydrogens is 273 g/mol. The summed E-state index contributed by atoms with van der Waals surface area (Å²) < 4.78 is 25.6. The van der Waals surface area contributed by atoms with E-state index in [0.29, 0.717) is 11.5 Å². The lowest BCUT2D eigenvalue weighted by Gasteiger charge is -2.07. The molecule has 0 amide bonds. The maximum atomic E-state index is 13.4. The third kappa shape index (κ3) is 3.99. The zero-order valence-corrected chi connectivity index (χ0v) is 12.3. The minimum absolute atomic E-state index is 0.287. The molecule has 0 fully saturated rings. The highest BCUT2D eigenvalue weighted by atomic mass is 32.2. The van der Waals surface area contributed by atoms with Gasteiger partial charge in [-0.15, -0.1) is 0 Å². The van der Waals surface area contributed by atoms with Crippen molar-refractivity contribution in [3.05, 3.63) is 70.5 Å². The minimum Gasteiger partial charge on any atom is -0.326 e. The van der Waals surface area contributed by atoms with E-state index in [0.717, 1.165) is 22.3 Å². The average molecular weight is 291 g/mol. The molecule has 0 spiro atoms. The Balaban J connectivity index is 2.08. The molecule has 106 valence electrons. The van der Waals surface area contributed by atoms with Gasteiger partial charge in [-0.2, -0.15) is 0 Å². The smallest absolute Gasteiger partial charge is 0.123 e. The summed E-state index contributed by atoms with van der Waals surface area (Å²) in [5.41, 5.74) is 9.18. The molecule has 2 aromatic rings. The topological polar surface area (TPSA) is 43.1 Å². The molecule has 0 aromatic heterocycles. The largest absolute Gasteiger partial charge is 0.326 e. The number of aryl methyl sites for hydroxylation is 1. The Morgan fingerprint density at radius 2 is 1.80 bits per heavy atom. The van der Waals surface area contributed by atoms with Crippen LogP contribution in [0.1, 0.15) is 22.3 Å². The summed E-state index contributed by atoms with van der Waals surface area (Å²) in [6.07, 6.45) is 0. The number of hydrogen-bond donors (Lipinski definition) is 1. The van der Waals surface area contributed by atoms with E-state index in [1.165, 1.54) is 12.1 Å². The van der Waals surface area contributed by atoms with Crippen LogP contribution in [0.4, 0.5) is 4.39 Å². The second kappa shape index (κ2) is 6.77. The molecule has 2 rings (SSSR count). The fourth-order valence-electron chi connectivity index (χ4n) is 2.10. The fourth-order valence-corrected chi connectivity index (χ4v) is 3.41. The van der Waals surface area contributed by atoms with Crippen LogP contribution in [0.15, 0.2) is 42.5 Å². The number of halogens is 1. The quantitative estimate of drug-likeness (QED) is 0.920. The Kier molecular flexibility index (Phi) is 5.04. The molecule has 4 heteroatoms. The van der Waals surface area contributed by atoms with Crippen LogP contribution in [0.25, 0.3) is 0 Å². The van der Waals surface area contributed by atoms with Gasteiger partial charge in [-0.3, -0.25) is 4.21 Å². The highest BCUT2D eigenvalue weighted by molar-refractivity contribution is 7.83. The second-order valence-corrected chi connectivity index (χ2v) is 6.28. The maximum Gasteiger partial charge on any atom is 0.123 e. The van der Waals surface area contributed by atoms with Crippen molar-refractivity contribution < 1.29 is 8.60 Å². The van der Waals surface area contributed by atoms with Crippen molar-refractivity contribution in [2.24, 2.45) is 5.73 Å². The molecule has 2 N–H and O–H groups in total. The molecule has 0 radical (unpaired) electrons. The number of nitrogens with two attached hydrogens (primary N) is 1. The predicted octanol–water partition coefficient (Wildman–Crippen LogP) is 3.04. The first-order chi connectivity index (χ1) is 9.58. The summed E-state index contributed by atoms with van der Waals surface area (Å²) in [4.78, 5) is 0. The number of rotatable bonds is 5. The third-order valence-corrected chi connectivity index (χ3v) is 4.45. The van der Waals surface area contributed by atoms with Gasteiger partial charge in [-0.25, -0.2) is 4.39 Å². The van der Waals surface area contributed by atoms with Gasteiger partial charge in [0, 0.05) is 28.9 Å². The molecule has 0 saturated heterocycles. The summed E-state index contributed by atoms with van der Waals surface area (Å²) in [7, 11) is -1.06. The lowest BCUT2D eigenvalue weighted by molar-refractivity contribution is 0.623. The van der Waals surface area contributed by atoms with E-state index >= 15 is 0 Å². The van der Waals surface area contributed by atoms with Crippen LogP contribution in [0, 0.1) is 12.7 Å². The van der Waals surface area contributed by atoms with Gasteiger partial charge in [0.1, 0.15) is 5.82 Å². The van der Waals surface area contributed by atoms with Gasteiger partial charge in [-0.05, 0) is 41.3 Å². The molecule has 20 heavy (non-hydrogen) atoms. The molecule has 0 aliphatic carbocycles. The van der Waals surface area contributed by atoms with E-state index < -0.39 is 10.8 Å². The standard InChI is InChI=1S/C16H18FNOS/c1-12-4-2-3-5-15(12)11-20(19)10-14-6-13(9-18)7-16(17)8-14/h2-8H,9-11,18H2,1H3. The van der Waals surface area contributed by atoms with Gasteiger partial charge in [-0.1, -0.05) is 30.3 Å². The van der Waals surface area contributed by atoms with E-state index in [9.17, 15) is 8.60 Å². The predicted molar refractivity (Wildman–Crippen MR) is 81.0 cm³/mol. The third-order valence-electron chi connectivity index (χ3n) is 3.16. The summed E-state index contributed by atoms with van der Waals surface area (Å²) in [5, 5.41) is 0. The zero-order valence-electron chi connectivity index (χ0n) is 11.4.